The van der Waals surface area contributed by atoms with Crippen molar-refractivity contribution in [2.75, 3.05) is 0 Å². The Morgan fingerprint density at radius 3 is 0.542 bits per heavy atom. The van der Waals surface area contributed by atoms with Crippen molar-refractivity contribution in [2.45, 2.75) is 183 Å². The van der Waals surface area contributed by atoms with Gasteiger partial charge in [0.2, 0.25) is 0 Å². The molecule has 0 heterocycles. The van der Waals surface area contributed by atoms with Gasteiger partial charge in [0.05, 0.1) is 19.3 Å². The Balaban J connectivity index is 8.63. The van der Waals surface area contributed by atoms with Crippen molar-refractivity contribution >= 4 is 8.07 Å². The molecule has 0 aromatic carbocycles. The van der Waals surface area contributed by atoms with Crippen LogP contribution >= 0.6 is 0 Å². The topological polar surface area (TPSA) is 40.5 Å². The molecule has 0 amide bonds. The number of halogens is 39. The molecular formula is C30H25F39O2Si. The fraction of sp³-hybridized carbons (Fsp3) is 1.00. The van der Waals surface area contributed by atoms with E-state index < -0.39 is 170 Å². The standard InChI is InChI=1S/C30H25F39O2Si/c1-11(2,70)12(3,71)10-72(7-4-13(31,32)16(37,38)19(43,44)22(49,50)25(55,56)28(61,62)63,8-5-14(33,34)17(39,40)20(45,46)23(51,52)26(57,58)29(64,65)66)9-6-15(35,36)18(41,42)21(47,48)24(53,54)27(59,60)30(67,68)69/h70-71H,4-10H2,1-3H3. The van der Waals surface area contributed by atoms with Gasteiger partial charge in [0.25, 0.3) is 0 Å². The molecule has 0 aromatic heterocycles. The van der Waals surface area contributed by atoms with E-state index in [1.54, 1.807) is 0 Å². The molecule has 0 saturated heterocycles. The lowest BCUT2D eigenvalue weighted by molar-refractivity contribution is -0.440. The van der Waals surface area contributed by atoms with E-state index in [0.717, 1.165) is 0 Å². The lowest BCUT2D eigenvalue weighted by Gasteiger charge is -2.46. The molecule has 434 valence electrons. The minimum Gasteiger partial charge on any atom is -0.388 e. The van der Waals surface area contributed by atoms with Crippen LogP contribution in [0, 0.1) is 0 Å². The van der Waals surface area contributed by atoms with Gasteiger partial charge in [-0.15, -0.1) is 0 Å². The average Bonchev–Trinajstić information content (AvgIpc) is 3.12. The SMILES string of the molecule is CC(C)(O)C(C)(O)C[Si](CCC(F)(F)C(F)(F)C(F)(F)C(F)(F)C(F)(F)C(F)(F)F)(CCC(F)(F)C(F)(F)C(F)(F)C(F)(F)C(F)(F)C(F)(F)F)CCC(F)(F)C(F)(F)C(F)(F)C(F)(F)C(F)(F)C(F)(F)F. The summed E-state index contributed by atoms with van der Waals surface area (Å²) in [5, 5.41) is 20.9. The zero-order valence-electron chi connectivity index (χ0n) is 34.1. The smallest absolute Gasteiger partial charge is 0.388 e. The summed E-state index contributed by atoms with van der Waals surface area (Å²) < 4.78 is 539. The van der Waals surface area contributed by atoms with Gasteiger partial charge in [-0.05, 0) is 26.8 Å². The number of hydrogen-bond acceptors (Lipinski definition) is 2. The van der Waals surface area contributed by atoms with Gasteiger partial charge >= 0.3 is 107 Å². The van der Waals surface area contributed by atoms with Crippen LogP contribution in [-0.4, -0.2) is 137 Å². The molecule has 42 heteroatoms. The molecule has 0 aromatic rings. The van der Waals surface area contributed by atoms with Crippen LogP contribution in [0.5, 0.6) is 0 Å². The van der Waals surface area contributed by atoms with E-state index in [1.165, 1.54) is 0 Å². The zero-order valence-corrected chi connectivity index (χ0v) is 35.1. The van der Waals surface area contributed by atoms with Crippen LogP contribution in [0.25, 0.3) is 0 Å². The van der Waals surface area contributed by atoms with Gasteiger partial charge in [-0.1, -0.05) is 18.1 Å². The van der Waals surface area contributed by atoms with E-state index in [0.29, 0.717) is 0 Å². The van der Waals surface area contributed by atoms with Gasteiger partial charge in [0.15, 0.2) is 0 Å². The molecule has 2 nitrogen and oxygen atoms in total. The maximum absolute atomic E-state index is 15.0. The molecule has 72 heavy (non-hydrogen) atoms. The highest BCUT2D eigenvalue weighted by Gasteiger charge is 2.93. The van der Waals surface area contributed by atoms with Gasteiger partial charge in [0, 0.05) is 19.3 Å². The Kier molecular flexibility index (Phi) is 17.6. The van der Waals surface area contributed by atoms with Crippen LogP contribution < -0.4 is 0 Å². The van der Waals surface area contributed by atoms with Crippen molar-refractivity contribution in [1.29, 1.82) is 0 Å². The highest BCUT2D eigenvalue weighted by atomic mass is 28.3. The van der Waals surface area contributed by atoms with Gasteiger partial charge in [-0.3, -0.25) is 0 Å². The van der Waals surface area contributed by atoms with E-state index in [2.05, 4.69) is 0 Å². The minimum absolute atomic E-state index is 0.0246. The second-order valence-corrected chi connectivity index (χ2v) is 21.4. The number of aliphatic hydroxyl groups is 2. The molecule has 1 atom stereocenters. The second kappa shape index (κ2) is 18.3. The molecule has 0 aliphatic carbocycles. The molecule has 0 aliphatic heterocycles. The molecule has 0 aliphatic rings. The van der Waals surface area contributed by atoms with Crippen molar-refractivity contribution in [1.82, 2.24) is 0 Å². The quantitative estimate of drug-likeness (QED) is 0.0747. The van der Waals surface area contributed by atoms with Crippen LogP contribution in [0.4, 0.5) is 171 Å². The lowest BCUT2D eigenvalue weighted by atomic mass is 9.90. The Morgan fingerprint density at radius 1 is 0.250 bits per heavy atom. The monoisotopic (exact) mass is 1190 g/mol. The summed E-state index contributed by atoms with van der Waals surface area (Å²) in [6.07, 6.45) is -37.1. The second-order valence-electron chi connectivity index (χ2n) is 16.5. The van der Waals surface area contributed by atoms with Gasteiger partial charge in [-0.25, -0.2) is 0 Å². The van der Waals surface area contributed by atoms with E-state index in [1.807, 2.05) is 0 Å². The fourth-order valence-electron chi connectivity index (χ4n) is 5.73. The van der Waals surface area contributed by atoms with Crippen molar-refractivity contribution in [3.05, 3.63) is 0 Å². The summed E-state index contributed by atoms with van der Waals surface area (Å²) >= 11 is 0. The predicted octanol–water partition coefficient (Wildman–Crippen LogP) is 15.3. The summed E-state index contributed by atoms with van der Waals surface area (Å²) in [6.45, 7) is -0.204. The first kappa shape index (κ1) is 69.4. The molecule has 0 spiro atoms. The Labute approximate surface area is 373 Å². The van der Waals surface area contributed by atoms with E-state index in [9.17, 15) is 155 Å². The first-order chi connectivity index (χ1) is 30.3. The molecule has 0 rings (SSSR count). The third kappa shape index (κ3) is 10.5. The zero-order chi connectivity index (χ0) is 59.4. The number of rotatable bonds is 24. The maximum atomic E-state index is 15.0. The first-order valence-corrected chi connectivity index (χ1v) is 20.5. The number of hydrogen-bond donors (Lipinski definition) is 2. The summed E-state index contributed by atoms with van der Waals surface area (Å²) in [5.74, 6) is -129. The normalized spacial score (nSPS) is 17.7. The first-order valence-electron chi connectivity index (χ1n) is 17.6. The van der Waals surface area contributed by atoms with E-state index in [4.69, 9.17) is 0 Å². The Hall–Kier alpha value is -2.59. The van der Waals surface area contributed by atoms with E-state index in [-0.39, 0.29) is 20.8 Å². The minimum atomic E-state index is -8.94. The molecule has 0 radical (unpaired) electrons. The summed E-state index contributed by atoms with van der Waals surface area (Å²) in [6, 6.07) is -13.2. The van der Waals surface area contributed by atoms with Crippen molar-refractivity contribution in [2.24, 2.45) is 0 Å². The Bertz CT molecular complexity index is 1670. The Morgan fingerprint density at radius 2 is 0.403 bits per heavy atom. The third-order valence-corrected chi connectivity index (χ3v) is 16.3. The van der Waals surface area contributed by atoms with Gasteiger partial charge < -0.3 is 10.2 Å². The molecule has 0 bridgehead atoms. The van der Waals surface area contributed by atoms with E-state index >= 15 is 26.3 Å². The molecule has 0 fully saturated rings. The predicted molar refractivity (Wildman–Crippen MR) is 158 cm³/mol. The van der Waals surface area contributed by atoms with Crippen LogP contribution in [0.15, 0.2) is 0 Å². The third-order valence-electron chi connectivity index (χ3n) is 10.9. The average molecular weight is 1190 g/mol. The summed E-state index contributed by atoms with van der Waals surface area (Å²) in [7, 11) is -7.25. The molecule has 2 N–H and O–H groups in total. The van der Waals surface area contributed by atoms with Crippen LogP contribution in [0.1, 0.15) is 40.0 Å². The summed E-state index contributed by atoms with van der Waals surface area (Å²) in [5.41, 5.74) is -7.50. The van der Waals surface area contributed by atoms with Crippen molar-refractivity contribution in [3.8, 4) is 0 Å². The molecule has 1 unspecified atom stereocenters. The van der Waals surface area contributed by atoms with Crippen molar-refractivity contribution < 1.29 is 181 Å². The van der Waals surface area contributed by atoms with Crippen LogP contribution in [-0.2, 0) is 0 Å². The van der Waals surface area contributed by atoms with Crippen molar-refractivity contribution in [3.63, 3.8) is 0 Å². The highest BCUT2D eigenvalue weighted by Crippen LogP contribution is 2.65. The number of alkyl halides is 39. The maximum Gasteiger partial charge on any atom is 0.460 e. The summed E-state index contributed by atoms with van der Waals surface area (Å²) in [4.78, 5) is 0. The van der Waals surface area contributed by atoms with Crippen LogP contribution in [0.3, 0.4) is 0 Å². The fourth-order valence-corrected chi connectivity index (χ4v) is 11.4. The van der Waals surface area contributed by atoms with Gasteiger partial charge in [-0.2, -0.15) is 171 Å². The molecule has 0 saturated carbocycles. The van der Waals surface area contributed by atoms with Gasteiger partial charge in [0.1, 0.15) is 0 Å². The largest absolute Gasteiger partial charge is 0.460 e. The highest BCUT2D eigenvalue weighted by molar-refractivity contribution is 6.80. The lowest BCUT2D eigenvalue weighted by Crippen LogP contribution is -2.70. The van der Waals surface area contributed by atoms with Crippen LogP contribution in [0.2, 0.25) is 24.2 Å². The molecular weight excluding hydrogens is 1160 g/mol.